The molecular weight excluding hydrogens is 360 g/mol. The Morgan fingerprint density at radius 1 is 0.929 bits per heavy atom. The number of hydrogen-bond acceptors (Lipinski definition) is 6. The van der Waals surface area contributed by atoms with Gasteiger partial charge in [-0.25, -0.2) is 0 Å². The quantitative estimate of drug-likeness (QED) is 0.706. The number of hydrogen-bond donors (Lipinski definition) is 1. The zero-order valence-electron chi connectivity index (χ0n) is 16.4. The van der Waals surface area contributed by atoms with E-state index in [-0.39, 0.29) is 24.1 Å². The molecule has 1 aromatic carbocycles. The molecule has 0 saturated carbocycles. The van der Waals surface area contributed by atoms with Gasteiger partial charge in [0, 0.05) is 44.8 Å². The van der Waals surface area contributed by atoms with Gasteiger partial charge in [-0.2, -0.15) is 0 Å². The monoisotopic (exact) mass is 388 g/mol. The Morgan fingerprint density at radius 3 is 2.25 bits per heavy atom. The van der Waals surface area contributed by atoms with E-state index >= 15 is 0 Å². The van der Waals surface area contributed by atoms with Gasteiger partial charge in [0.25, 0.3) is 0 Å². The summed E-state index contributed by atoms with van der Waals surface area (Å²) in [7, 11) is 0. The first-order chi connectivity index (χ1) is 13.5. The van der Waals surface area contributed by atoms with Crippen LogP contribution in [0, 0.1) is 0 Å². The van der Waals surface area contributed by atoms with Gasteiger partial charge < -0.3 is 15.0 Å². The van der Waals surface area contributed by atoms with E-state index in [9.17, 15) is 14.4 Å². The predicted octanol–water partition coefficient (Wildman–Crippen LogP) is 0.304. The number of Topliss-reactive ketones (excluding diaryl/α,β-unsaturated/α-hetero) is 1. The van der Waals surface area contributed by atoms with Gasteiger partial charge in [-0.15, -0.1) is 0 Å². The molecule has 2 heterocycles. The van der Waals surface area contributed by atoms with E-state index < -0.39 is 0 Å². The molecule has 28 heavy (non-hydrogen) atoms. The maximum Gasteiger partial charge on any atom is 0.238 e. The number of carbonyl (C=O) groups excluding carboxylic acids is 3. The van der Waals surface area contributed by atoms with Crippen molar-refractivity contribution in [3.8, 4) is 0 Å². The van der Waals surface area contributed by atoms with Crippen LogP contribution in [0.3, 0.4) is 0 Å². The Morgan fingerprint density at radius 2 is 1.57 bits per heavy atom. The first-order valence-electron chi connectivity index (χ1n) is 9.73. The molecule has 0 atom stereocenters. The number of piperazine rings is 1. The number of nitrogens with zero attached hydrogens (tertiary/aromatic N) is 3. The topological polar surface area (TPSA) is 82.2 Å². The van der Waals surface area contributed by atoms with Crippen LogP contribution < -0.4 is 5.32 Å². The minimum atomic E-state index is -0.151. The standard InChI is InChI=1S/C20H28N4O4/c1-16(25)17-4-2-3-5-18(17)21-19(26)14-22-6-8-24(9-7-22)20(27)15-23-10-12-28-13-11-23/h2-5H,6-15H2,1H3,(H,21,26). The van der Waals surface area contributed by atoms with Crippen molar-refractivity contribution in [2.45, 2.75) is 6.92 Å². The molecule has 0 aromatic heterocycles. The lowest BCUT2D eigenvalue weighted by atomic mass is 10.1. The van der Waals surface area contributed by atoms with E-state index in [1.54, 1.807) is 24.3 Å². The fraction of sp³-hybridized carbons (Fsp3) is 0.550. The van der Waals surface area contributed by atoms with Gasteiger partial charge in [-0.3, -0.25) is 24.2 Å². The van der Waals surface area contributed by atoms with Crippen LogP contribution in [0.1, 0.15) is 17.3 Å². The van der Waals surface area contributed by atoms with Crippen LogP contribution in [0.5, 0.6) is 0 Å². The second kappa shape index (κ2) is 9.77. The molecule has 1 aromatic rings. The Kier molecular flexibility index (Phi) is 7.13. The van der Waals surface area contributed by atoms with E-state index in [0.29, 0.717) is 57.2 Å². The van der Waals surface area contributed by atoms with Crippen LogP contribution in [0.2, 0.25) is 0 Å². The highest BCUT2D eigenvalue weighted by atomic mass is 16.5. The number of carbonyl (C=O) groups is 3. The molecule has 8 heteroatoms. The lowest BCUT2D eigenvalue weighted by Gasteiger charge is -2.36. The second-order valence-corrected chi connectivity index (χ2v) is 7.20. The minimum Gasteiger partial charge on any atom is -0.379 e. The average molecular weight is 388 g/mol. The summed E-state index contributed by atoms with van der Waals surface area (Å²) >= 11 is 0. The summed E-state index contributed by atoms with van der Waals surface area (Å²) in [6.07, 6.45) is 0. The van der Waals surface area contributed by atoms with Crippen molar-refractivity contribution in [2.75, 3.05) is 70.9 Å². The number of amides is 2. The van der Waals surface area contributed by atoms with Gasteiger partial charge in [0.1, 0.15) is 0 Å². The summed E-state index contributed by atoms with van der Waals surface area (Å²) in [5.74, 6) is -0.0912. The van der Waals surface area contributed by atoms with Crippen LogP contribution in [-0.4, -0.2) is 97.9 Å². The van der Waals surface area contributed by atoms with E-state index in [1.165, 1.54) is 6.92 Å². The van der Waals surface area contributed by atoms with Gasteiger partial charge in [-0.1, -0.05) is 12.1 Å². The smallest absolute Gasteiger partial charge is 0.238 e. The van der Waals surface area contributed by atoms with Crippen molar-refractivity contribution >= 4 is 23.3 Å². The molecule has 2 aliphatic heterocycles. The van der Waals surface area contributed by atoms with Crippen LogP contribution in [0.4, 0.5) is 5.69 Å². The van der Waals surface area contributed by atoms with Gasteiger partial charge in [-0.05, 0) is 19.1 Å². The molecule has 2 fully saturated rings. The second-order valence-electron chi connectivity index (χ2n) is 7.20. The van der Waals surface area contributed by atoms with Crippen molar-refractivity contribution in [2.24, 2.45) is 0 Å². The fourth-order valence-corrected chi connectivity index (χ4v) is 3.50. The number of ketones is 1. The normalized spacial score (nSPS) is 18.7. The van der Waals surface area contributed by atoms with Crippen LogP contribution in [0.15, 0.2) is 24.3 Å². The van der Waals surface area contributed by atoms with E-state index in [4.69, 9.17) is 4.74 Å². The van der Waals surface area contributed by atoms with Crippen molar-refractivity contribution in [1.82, 2.24) is 14.7 Å². The van der Waals surface area contributed by atoms with E-state index in [0.717, 1.165) is 13.1 Å². The molecule has 0 radical (unpaired) electrons. The first kappa shape index (κ1) is 20.4. The number of nitrogens with one attached hydrogen (secondary N) is 1. The van der Waals surface area contributed by atoms with Gasteiger partial charge in [0.15, 0.2) is 5.78 Å². The predicted molar refractivity (Wildman–Crippen MR) is 105 cm³/mol. The molecular formula is C20H28N4O4. The SMILES string of the molecule is CC(=O)c1ccccc1NC(=O)CN1CCN(C(=O)CN2CCOCC2)CC1. The summed E-state index contributed by atoms with van der Waals surface area (Å²) in [6, 6.07) is 7.01. The molecule has 0 unspecified atom stereocenters. The van der Waals surface area contributed by atoms with Gasteiger partial charge in [0.2, 0.25) is 11.8 Å². The number of rotatable bonds is 6. The lowest BCUT2D eigenvalue weighted by Crippen LogP contribution is -2.53. The Bertz CT molecular complexity index is 710. The number of morpholine rings is 1. The summed E-state index contributed by atoms with van der Waals surface area (Å²) in [4.78, 5) is 42.5. The zero-order valence-corrected chi connectivity index (χ0v) is 16.4. The van der Waals surface area contributed by atoms with E-state index in [1.807, 2.05) is 9.80 Å². The van der Waals surface area contributed by atoms with Crippen molar-refractivity contribution in [3.63, 3.8) is 0 Å². The molecule has 2 aliphatic rings. The maximum absolute atomic E-state index is 12.5. The van der Waals surface area contributed by atoms with Crippen molar-refractivity contribution < 1.29 is 19.1 Å². The highest BCUT2D eigenvalue weighted by Gasteiger charge is 2.24. The Balaban J connectivity index is 1.43. The van der Waals surface area contributed by atoms with Crippen molar-refractivity contribution in [3.05, 3.63) is 29.8 Å². The van der Waals surface area contributed by atoms with Crippen LogP contribution in [-0.2, 0) is 14.3 Å². The number of benzene rings is 1. The molecule has 8 nitrogen and oxygen atoms in total. The third-order valence-corrected chi connectivity index (χ3v) is 5.14. The largest absolute Gasteiger partial charge is 0.379 e. The summed E-state index contributed by atoms with van der Waals surface area (Å²) < 4.78 is 5.31. The van der Waals surface area contributed by atoms with Gasteiger partial charge in [0.05, 0.1) is 32.0 Å². The molecule has 3 rings (SSSR count). The average Bonchev–Trinajstić information content (AvgIpc) is 2.69. The zero-order chi connectivity index (χ0) is 19.9. The first-order valence-corrected chi connectivity index (χ1v) is 9.73. The molecule has 2 saturated heterocycles. The third-order valence-electron chi connectivity index (χ3n) is 5.14. The maximum atomic E-state index is 12.5. The van der Waals surface area contributed by atoms with Crippen LogP contribution >= 0.6 is 0 Å². The number of anilines is 1. The van der Waals surface area contributed by atoms with E-state index in [2.05, 4.69) is 10.2 Å². The lowest BCUT2D eigenvalue weighted by molar-refractivity contribution is -0.135. The minimum absolute atomic E-state index is 0.0803. The number of ether oxygens (including phenoxy) is 1. The Labute approximate surface area is 165 Å². The third kappa shape index (κ3) is 5.60. The molecule has 0 aliphatic carbocycles. The Hall–Kier alpha value is -2.29. The highest BCUT2D eigenvalue weighted by molar-refractivity contribution is 6.04. The molecule has 1 N–H and O–H groups in total. The molecule has 152 valence electrons. The molecule has 0 bridgehead atoms. The van der Waals surface area contributed by atoms with Gasteiger partial charge >= 0.3 is 0 Å². The summed E-state index contributed by atoms with van der Waals surface area (Å²) in [5, 5.41) is 2.83. The van der Waals surface area contributed by atoms with Crippen molar-refractivity contribution in [1.29, 1.82) is 0 Å². The number of para-hydroxylation sites is 1. The molecule has 2 amide bonds. The fourth-order valence-electron chi connectivity index (χ4n) is 3.50. The van der Waals surface area contributed by atoms with Crippen LogP contribution in [0.25, 0.3) is 0 Å². The summed E-state index contributed by atoms with van der Waals surface area (Å²) in [5.41, 5.74) is 1.05. The highest BCUT2D eigenvalue weighted by Crippen LogP contribution is 2.15. The molecule has 0 spiro atoms. The summed E-state index contributed by atoms with van der Waals surface area (Å²) in [6.45, 7) is 7.71.